The number of rotatable bonds is 4. The molecule has 0 aliphatic carbocycles. The quantitative estimate of drug-likeness (QED) is 0.446. The van der Waals surface area contributed by atoms with E-state index >= 15 is 0 Å². The first-order valence-corrected chi connectivity index (χ1v) is 4.51. The van der Waals surface area contributed by atoms with Crippen molar-refractivity contribution in [2.24, 2.45) is 5.41 Å². The van der Waals surface area contributed by atoms with Gasteiger partial charge in [-0.3, -0.25) is 0 Å². The monoisotopic (exact) mass is 180 g/mol. The van der Waals surface area contributed by atoms with Crippen molar-refractivity contribution in [2.75, 3.05) is 6.61 Å². The third kappa shape index (κ3) is 3.74. The van der Waals surface area contributed by atoms with Crippen LogP contribution in [0.5, 0.6) is 0 Å². The molecule has 3 heteroatoms. The molecule has 10 heavy (non-hydrogen) atoms. The molecule has 0 saturated heterocycles. The number of thiol groups is 2. The lowest BCUT2D eigenvalue weighted by atomic mass is 9.90. The average molecular weight is 180 g/mol. The molecule has 0 aromatic carbocycles. The van der Waals surface area contributed by atoms with E-state index in [1.807, 2.05) is 0 Å². The van der Waals surface area contributed by atoms with Gasteiger partial charge < -0.3 is 5.11 Å². The van der Waals surface area contributed by atoms with Crippen molar-refractivity contribution in [3.05, 3.63) is 0 Å². The van der Waals surface area contributed by atoms with Crippen molar-refractivity contribution in [2.45, 2.75) is 31.3 Å². The summed E-state index contributed by atoms with van der Waals surface area (Å²) < 4.78 is 0.0963. The van der Waals surface area contributed by atoms with Crippen LogP contribution in [0.15, 0.2) is 0 Å². The molecule has 0 heterocycles. The summed E-state index contributed by atoms with van der Waals surface area (Å²) in [5, 5.41) is 8.56. The smallest absolute Gasteiger partial charge is 0.0493 e. The van der Waals surface area contributed by atoms with Crippen molar-refractivity contribution in [1.29, 1.82) is 0 Å². The van der Waals surface area contributed by atoms with Crippen LogP contribution >= 0.6 is 25.3 Å². The van der Waals surface area contributed by atoms with E-state index in [0.717, 1.165) is 12.8 Å². The lowest BCUT2D eigenvalue weighted by Crippen LogP contribution is -2.20. The SMILES string of the molecule is CC(C)(CCCO)C(S)S. The Morgan fingerprint density at radius 3 is 2.20 bits per heavy atom. The van der Waals surface area contributed by atoms with Crippen LogP contribution in [0.1, 0.15) is 26.7 Å². The van der Waals surface area contributed by atoms with Crippen LogP contribution in [0.25, 0.3) is 0 Å². The molecule has 0 aliphatic heterocycles. The summed E-state index contributed by atoms with van der Waals surface area (Å²) in [4.78, 5) is 0. The summed E-state index contributed by atoms with van der Waals surface area (Å²) in [6, 6.07) is 0. The van der Waals surface area contributed by atoms with Crippen molar-refractivity contribution < 1.29 is 5.11 Å². The molecule has 1 N–H and O–H groups in total. The van der Waals surface area contributed by atoms with Gasteiger partial charge in [0.1, 0.15) is 0 Å². The molecule has 0 bridgehead atoms. The highest BCUT2D eigenvalue weighted by atomic mass is 32.2. The second kappa shape index (κ2) is 4.52. The van der Waals surface area contributed by atoms with E-state index in [0.29, 0.717) is 0 Å². The molecule has 0 aromatic heterocycles. The van der Waals surface area contributed by atoms with Gasteiger partial charge in [0, 0.05) is 11.2 Å². The van der Waals surface area contributed by atoms with Crippen molar-refractivity contribution in [3.8, 4) is 0 Å². The van der Waals surface area contributed by atoms with E-state index in [4.69, 9.17) is 5.11 Å². The number of hydrogen-bond donors (Lipinski definition) is 3. The van der Waals surface area contributed by atoms with Gasteiger partial charge in [-0.1, -0.05) is 13.8 Å². The highest BCUT2D eigenvalue weighted by Crippen LogP contribution is 2.32. The third-order valence-corrected chi connectivity index (χ3v) is 3.08. The molecule has 0 atom stereocenters. The maximum atomic E-state index is 8.56. The standard InChI is InChI=1S/C7H16OS2/c1-7(2,6(9)10)4-3-5-8/h6,8-10H,3-5H2,1-2H3. The maximum Gasteiger partial charge on any atom is 0.0493 e. The topological polar surface area (TPSA) is 20.2 Å². The minimum absolute atomic E-state index is 0.0963. The zero-order chi connectivity index (χ0) is 8.20. The fourth-order valence-corrected chi connectivity index (χ4v) is 0.922. The predicted molar refractivity (Wildman–Crippen MR) is 51.9 cm³/mol. The molecule has 0 fully saturated rings. The second-order valence-electron chi connectivity index (χ2n) is 3.19. The van der Waals surface area contributed by atoms with E-state index in [9.17, 15) is 0 Å². The second-order valence-corrected chi connectivity index (χ2v) is 4.63. The largest absolute Gasteiger partial charge is 0.396 e. The van der Waals surface area contributed by atoms with E-state index in [1.54, 1.807) is 0 Å². The van der Waals surface area contributed by atoms with Crippen LogP contribution in [0.4, 0.5) is 0 Å². The average Bonchev–Trinajstić information content (AvgIpc) is 1.84. The molecule has 0 spiro atoms. The van der Waals surface area contributed by atoms with E-state index in [-0.39, 0.29) is 16.6 Å². The fraction of sp³-hybridized carbons (Fsp3) is 1.00. The fourth-order valence-electron chi connectivity index (χ4n) is 0.664. The third-order valence-electron chi connectivity index (χ3n) is 1.68. The first kappa shape index (κ1) is 10.7. The van der Waals surface area contributed by atoms with Gasteiger partial charge in [0.25, 0.3) is 0 Å². The van der Waals surface area contributed by atoms with Crippen molar-refractivity contribution in [1.82, 2.24) is 0 Å². The van der Waals surface area contributed by atoms with Crippen LogP contribution in [0, 0.1) is 5.41 Å². The van der Waals surface area contributed by atoms with Crippen LogP contribution in [0.3, 0.4) is 0 Å². The molecule has 0 aliphatic rings. The predicted octanol–water partition coefficient (Wildman–Crippen LogP) is 1.97. The zero-order valence-electron chi connectivity index (χ0n) is 6.54. The summed E-state index contributed by atoms with van der Waals surface area (Å²) in [6.07, 6.45) is 1.81. The summed E-state index contributed by atoms with van der Waals surface area (Å²) in [6.45, 7) is 4.47. The van der Waals surface area contributed by atoms with Gasteiger partial charge in [-0.2, -0.15) is 25.3 Å². The Balaban J connectivity index is 3.63. The Bertz CT molecular complexity index is 91.6. The lowest BCUT2D eigenvalue weighted by Gasteiger charge is -2.27. The first-order valence-electron chi connectivity index (χ1n) is 3.47. The first-order chi connectivity index (χ1) is 4.50. The molecule has 1 nitrogen and oxygen atoms in total. The highest BCUT2D eigenvalue weighted by molar-refractivity contribution is 7.99. The number of aliphatic hydroxyl groups is 1. The Kier molecular flexibility index (Phi) is 4.82. The van der Waals surface area contributed by atoms with Crippen LogP contribution in [-0.4, -0.2) is 16.3 Å². The molecular weight excluding hydrogens is 164 g/mol. The van der Waals surface area contributed by atoms with Gasteiger partial charge in [-0.25, -0.2) is 0 Å². The van der Waals surface area contributed by atoms with Crippen LogP contribution < -0.4 is 0 Å². The number of aliphatic hydroxyl groups excluding tert-OH is 1. The van der Waals surface area contributed by atoms with Gasteiger partial charge in [-0.15, -0.1) is 0 Å². The normalized spacial score (nSPS) is 12.6. The molecular formula is C7H16OS2. The maximum absolute atomic E-state index is 8.56. The summed E-state index contributed by atoms with van der Waals surface area (Å²) in [5.41, 5.74) is 0.120. The van der Waals surface area contributed by atoms with Gasteiger partial charge in [0.15, 0.2) is 0 Å². The molecule has 0 unspecified atom stereocenters. The molecule has 62 valence electrons. The van der Waals surface area contributed by atoms with Crippen molar-refractivity contribution in [3.63, 3.8) is 0 Å². The van der Waals surface area contributed by atoms with Gasteiger partial charge >= 0.3 is 0 Å². The Morgan fingerprint density at radius 2 is 1.90 bits per heavy atom. The molecule has 0 saturated carbocycles. The molecule has 0 radical (unpaired) electrons. The Hall–Kier alpha value is 0.660. The zero-order valence-corrected chi connectivity index (χ0v) is 8.33. The van der Waals surface area contributed by atoms with E-state index < -0.39 is 0 Å². The van der Waals surface area contributed by atoms with E-state index in [1.165, 1.54) is 0 Å². The summed E-state index contributed by atoms with van der Waals surface area (Å²) in [5.74, 6) is 0. The molecule has 0 amide bonds. The molecule has 0 aromatic rings. The Labute approximate surface area is 74.0 Å². The van der Waals surface area contributed by atoms with Gasteiger partial charge in [-0.05, 0) is 18.3 Å². The Morgan fingerprint density at radius 1 is 1.40 bits per heavy atom. The lowest BCUT2D eigenvalue weighted by molar-refractivity contribution is 0.251. The minimum atomic E-state index is 0.0963. The molecule has 0 rings (SSSR count). The van der Waals surface area contributed by atoms with Crippen LogP contribution in [-0.2, 0) is 0 Å². The van der Waals surface area contributed by atoms with Crippen molar-refractivity contribution >= 4 is 25.3 Å². The number of hydrogen-bond acceptors (Lipinski definition) is 3. The van der Waals surface area contributed by atoms with Crippen LogP contribution in [0.2, 0.25) is 0 Å². The highest BCUT2D eigenvalue weighted by Gasteiger charge is 2.22. The van der Waals surface area contributed by atoms with Gasteiger partial charge in [0.05, 0.1) is 0 Å². The van der Waals surface area contributed by atoms with Gasteiger partial charge in [0.2, 0.25) is 0 Å². The minimum Gasteiger partial charge on any atom is -0.396 e. The summed E-state index contributed by atoms with van der Waals surface area (Å²) >= 11 is 8.47. The van der Waals surface area contributed by atoms with E-state index in [2.05, 4.69) is 39.1 Å². The summed E-state index contributed by atoms with van der Waals surface area (Å²) in [7, 11) is 0.